The Morgan fingerprint density at radius 3 is 2.32 bits per heavy atom. The van der Waals surface area contributed by atoms with Crippen LogP contribution in [0.2, 0.25) is 0 Å². The van der Waals surface area contributed by atoms with Crippen molar-refractivity contribution in [2.75, 3.05) is 42.6 Å². The molecule has 3 unspecified atom stereocenters. The van der Waals surface area contributed by atoms with E-state index in [2.05, 4.69) is 20.1 Å². The fourth-order valence-electron chi connectivity index (χ4n) is 8.03. The minimum absolute atomic E-state index is 0.0177. The van der Waals surface area contributed by atoms with Crippen LogP contribution in [0.1, 0.15) is 26.7 Å². The van der Waals surface area contributed by atoms with Crippen LogP contribution < -0.4 is 14.5 Å². The first kappa shape index (κ1) is 32.8. The van der Waals surface area contributed by atoms with E-state index in [-0.39, 0.29) is 55.1 Å². The largest absolute Gasteiger partial charge is 0.494 e. The summed E-state index contributed by atoms with van der Waals surface area (Å²) in [6, 6.07) is 20.5. The number of fused-ring (bicyclic) bond motifs is 2. The molecule has 3 heterocycles. The van der Waals surface area contributed by atoms with Gasteiger partial charge in [-0.2, -0.15) is 0 Å². The molecule has 1 N–H and O–H groups in total. The number of aliphatic hydroxyl groups excluding tert-OH is 1. The molecule has 8 nitrogen and oxygen atoms in total. The number of ether oxygens (including phenoxy) is 1. The number of aliphatic hydroxyl groups is 1. The van der Waals surface area contributed by atoms with Crippen LogP contribution in [0.15, 0.2) is 92.0 Å². The number of anilines is 2. The molecule has 3 aliphatic rings. The number of thioether (sulfide) groups is 1. The molecule has 0 saturated carbocycles. The molecule has 3 aromatic carbocycles. The van der Waals surface area contributed by atoms with Crippen LogP contribution in [0.5, 0.6) is 5.75 Å². The summed E-state index contributed by atoms with van der Waals surface area (Å²) in [6.45, 7) is 13.1. The van der Waals surface area contributed by atoms with Crippen LogP contribution in [0, 0.1) is 17.8 Å². The van der Waals surface area contributed by atoms with E-state index >= 15 is 0 Å². The number of nitrogens with zero attached hydrogens (tertiary/aromatic N) is 3. The minimum Gasteiger partial charge on any atom is -0.494 e. The molecule has 47 heavy (non-hydrogen) atoms. The number of benzene rings is 3. The number of rotatable bonds is 13. The molecule has 3 aromatic rings. The highest BCUT2D eigenvalue weighted by Gasteiger charge is 2.76. The summed E-state index contributed by atoms with van der Waals surface area (Å²) in [4.78, 5) is 49.3. The average molecular weight is 654 g/mol. The van der Waals surface area contributed by atoms with E-state index in [1.165, 1.54) is 0 Å². The van der Waals surface area contributed by atoms with Crippen molar-refractivity contribution >= 4 is 51.6 Å². The maximum absolute atomic E-state index is 15.0. The zero-order chi connectivity index (χ0) is 33.3. The lowest BCUT2D eigenvalue weighted by Crippen LogP contribution is -2.57. The molecular weight excluding hydrogens is 611 g/mol. The standard InChI is InChI=1S/C38H43N3O5S/c1-5-19-39(28-15-17-30(18-16-28)46-7-3)35(43)32-31-23-25(4)38(47-31)33(32)36(44)41(21-10-22-42)34(38)37(45)40(20-6-2)29-14-13-26-11-8-9-12-27(26)24-29/h5-6,8-9,11-18,24-25,31-34,42H,1-2,7,10,19-23H2,3-4H3/t25?,31-,32+,33-,34?,38?/m0/s1. The van der Waals surface area contributed by atoms with E-state index in [0.717, 1.165) is 22.9 Å². The van der Waals surface area contributed by atoms with Gasteiger partial charge in [-0.1, -0.05) is 49.4 Å². The summed E-state index contributed by atoms with van der Waals surface area (Å²) in [5.41, 5.74) is 1.44. The van der Waals surface area contributed by atoms with Crippen LogP contribution in [0.3, 0.4) is 0 Å². The third-order valence-corrected chi connectivity index (χ3v) is 12.1. The van der Waals surface area contributed by atoms with E-state index in [1.54, 1.807) is 38.6 Å². The van der Waals surface area contributed by atoms with Crippen molar-refractivity contribution in [3.8, 4) is 5.75 Å². The molecule has 0 radical (unpaired) electrons. The molecule has 0 aliphatic carbocycles. The third-order valence-electron chi connectivity index (χ3n) is 9.98. The highest BCUT2D eigenvalue weighted by atomic mass is 32.2. The Balaban J connectivity index is 1.40. The van der Waals surface area contributed by atoms with Crippen LogP contribution in [-0.2, 0) is 14.4 Å². The lowest BCUT2D eigenvalue weighted by Gasteiger charge is -2.41. The van der Waals surface area contributed by atoms with Gasteiger partial charge in [0, 0.05) is 42.9 Å². The smallest absolute Gasteiger partial charge is 0.251 e. The zero-order valence-electron chi connectivity index (χ0n) is 27.1. The number of hydrogen-bond donors (Lipinski definition) is 1. The van der Waals surface area contributed by atoms with Crippen LogP contribution in [-0.4, -0.2) is 76.6 Å². The lowest BCUT2D eigenvalue weighted by molar-refractivity contribution is -0.139. The Hall–Kier alpha value is -4.08. The molecule has 9 heteroatoms. The summed E-state index contributed by atoms with van der Waals surface area (Å²) in [7, 11) is 0. The van der Waals surface area contributed by atoms with Gasteiger partial charge in [-0.05, 0) is 72.9 Å². The Morgan fingerprint density at radius 1 is 1.00 bits per heavy atom. The normalized spacial score (nSPS) is 25.9. The molecule has 246 valence electrons. The van der Waals surface area contributed by atoms with Gasteiger partial charge in [-0.15, -0.1) is 24.9 Å². The second-order valence-electron chi connectivity index (χ2n) is 12.6. The summed E-state index contributed by atoms with van der Waals surface area (Å²) in [5.74, 6) is -1.03. The number of carbonyl (C=O) groups is 3. The lowest BCUT2D eigenvalue weighted by atomic mass is 9.65. The summed E-state index contributed by atoms with van der Waals surface area (Å²) >= 11 is 1.65. The molecule has 3 fully saturated rings. The van der Waals surface area contributed by atoms with Crippen LogP contribution in [0.4, 0.5) is 11.4 Å². The third kappa shape index (κ3) is 5.53. The average Bonchev–Trinajstić information content (AvgIpc) is 3.68. The monoisotopic (exact) mass is 653 g/mol. The van der Waals surface area contributed by atoms with Gasteiger partial charge in [-0.25, -0.2) is 0 Å². The molecular formula is C38H43N3O5S. The SMILES string of the molecule is C=CCN(C(=O)C1N(CCCO)C(=O)[C@@H]2[C@H](C(=O)N(CC=C)c3ccc(OCC)cc3)[C@@H]3CC(C)C12S3)c1ccc2ccccc2c1. The van der Waals surface area contributed by atoms with E-state index in [1.807, 2.05) is 73.7 Å². The predicted octanol–water partition coefficient (Wildman–Crippen LogP) is 5.70. The predicted molar refractivity (Wildman–Crippen MR) is 189 cm³/mol. The first-order valence-electron chi connectivity index (χ1n) is 16.5. The van der Waals surface area contributed by atoms with Crippen molar-refractivity contribution < 1.29 is 24.2 Å². The molecule has 6 rings (SSSR count). The van der Waals surface area contributed by atoms with Gasteiger partial charge < -0.3 is 24.5 Å². The molecule has 3 amide bonds. The van der Waals surface area contributed by atoms with E-state index in [0.29, 0.717) is 24.5 Å². The zero-order valence-corrected chi connectivity index (χ0v) is 27.9. The molecule has 0 aromatic heterocycles. The molecule has 3 aliphatic heterocycles. The Kier molecular flexibility index (Phi) is 9.48. The first-order valence-corrected chi connectivity index (χ1v) is 17.3. The number of amides is 3. The Morgan fingerprint density at radius 2 is 1.66 bits per heavy atom. The quantitative estimate of drug-likeness (QED) is 0.238. The second-order valence-corrected chi connectivity index (χ2v) is 14.1. The van der Waals surface area contributed by atoms with E-state index in [9.17, 15) is 19.5 Å². The van der Waals surface area contributed by atoms with Crippen molar-refractivity contribution in [3.05, 3.63) is 92.0 Å². The van der Waals surface area contributed by atoms with Crippen molar-refractivity contribution in [2.45, 2.75) is 42.7 Å². The van der Waals surface area contributed by atoms with Crippen LogP contribution in [0.25, 0.3) is 10.8 Å². The molecule has 2 bridgehead atoms. The van der Waals surface area contributed by atoms with Gasteiger partial charge in [0.2, 0.25) is 11.8 Å². The fourth-order valence-corrected chi connectivity index (χ4v) is 10.4. The van der Waals surface area contributed by atoms with Gasteiger partial charge in [0.05, 0.1) is 23.2 Å². The van der Waals surface area contributed by atoms with Gasteiger partial charge in [0.15, 0.2) is 0 Å². The van der Waals surface area contributed by atoms with Crippen molar-refractivity contribution in [1.29, 1.82) is 0 Å². The van der Waals surface area contributed by atoms with E-state index in [4.69, 9.17) is 4.74 Å². The van der Waals surface area contributed by atoms with Crippen molar-refractivity contribution in [1.82, 2.24) is 4.90 Å². The Labute approximate surface area is 281 Å². The fraction of sp³-hybridized carbons (Fsp3) is 0.395. The van der Waals surface area contributed by atoms with E-state index < -0.39 is 22.6 Å². The first-order chi connectivity index (χ1) is 22.8. The second kappa shape index (κ2) is 13.6. The number of carbonyl (C=O) groups excluding carboxylic acids is 3. The molecule has 3 saturated heterocycles. The highest BCUT2D eigenvalue weighted by Crippen LogP contribution is 2.69. The van der Waals surface area contributed by atoms with Gasteiger partial charge in [0.1, 0.15) is 11.8 Å². The summed E-state index contributed by atoms with van der Waals surface area (Å²) in [5, 5.41) is 11.8. The number of likely N-dealkylation sites (tertiary alicyclic amines) is 1. The maximum atomic E-state index is 15.0. The minimum atomic E-state index is -0.792. The number of hydrogen-bond acceptors (Lipinski definition) is 6. The topological polar surface area (TPSA) is 90.4 Å². The summed E-state index contributed by atoms with van der Waals surface area (Å²) in [6.07, 6.45) is 4.47. The van der Waals surface area contributed by atoms with Gasteiger partial charge in [0.25, 0.3) is 5.91 Å². The highest BCUT2D eigenvalue weighted by molar-refractivity contribution is 8.02. The van der Waals surface area contributed by atoms with Gasteiger partial charge >= 0.3 is 0 Å². The van der Waals surface area contributed by atoms with Gasteiger partial charge in [-0.3, -0.25) is 14.4 Å². The van der Waals surface area contributed by atoms with Crippen molar-refractivity contribution in [2.24, 2.45) is 17.8 Å². The summed E-state index contributed by atoms with van der Waals surface area (Å²) < 4.78 is 4.83. The van der Waals surface area contributed by atoms with Crippen molar-refractivity contribution in [3.63, 3.8) is 0 Å². The molecule has 1 spiro atoms. The van der Waals surface area contributed by atoms with Crippen LogP contribution >= 0.6 is 11.8 Å². The molecule has 6 atom stereocenters. The maximum Gasteiger partial charge on any atom is 0.251 e. The Bertz CT molecular complexity index is 1680.